The Morgan fingerprint density at radius 2 is 2.07 bits per heavy atom. The van der Waals surface area contributed by atoms with Gasteiger partial charge < -0.3 is 10.1 Å². The second-order valence-corrected chi connectivity index (χ2v) is 2.53. The summed E-state index contributed by atoms with van der Waals surface area (Å²) in [4.78, 5) is 25.5. The number of methoxy groups -OCH3 is 1. The van der Waals surface area contributed by atoms with Crippen LogP contribution in [0.25, 0.3) is 0 Å². The van der Waals surface area contributed by atoms with Gasteiger partial charge in [-0.15, -0.1) is 0 Å². The summed E-state index contributed by atoms with van der Waals surface area (Å²) < 4.78 is 4.24. The van der Waals surface area contributed by atoms with Crippen LogP contribution in [0.1, 0.15) is 5.56 Å². The van der Waals surface area contributed by atoms with Crippen LogP contribution in [0.2, 0.25) is 0 Å². The maximum Gasteiger partial charge on any atom is 0.396 e. The number of aromatic nitrogens is 1. The molecule has 0 aliphatic rings. The molecule has 1 aromatic rings. The first-order valence-electron chi connectivity index (χ1n) is 3.99. The first-order valence-corrected chi connectivity index (χ1v) is 3.99. The molecule has 0 aromatic carbocycles. The van der Waals surface area contributed by atoms with Crippen molar-refractivity contribution in [1.29, 1.82) is 0 Å². The van der Waals surface area contributed by atoms with Gasteiger partial charge in [0.1, 0.15) is 0 Å². The smallest absolute Gasteiger partial charge is 0.396 e. The summed E-state index contributed by atoms with van der Waals surface area (Å²) in [5, 5.41) is 2.41. The van der Waals surface area contributed by atoms with Crippen LogP contribution in [-0.2, 0) is 20.9 Å². The predicted octanol–water partition coefficient (Wildman–Crippen LogP) is -0.129. The summed E-state index contributed by atoms with van der Waals surface area (Å²) in [7, 11) is 1.16. The van der Waals surface area contributed by atoms with E-state index in [0.717, 1.165) is 12.7 Å². The fourth-order valence-corrected chi connectivity index (χ4v) is 0.848. The van der Waals surface area contributed by atoms with Crippen molar-refractivity contribution >= 4 is 11.9 Å². The van der Waals surface area contributed by atoms with Crippen molar-refractivity contribution in [3.05, 3.63) is 30.1 Å². The molecule has 0 radical (unpaired) electrons. The SMILES string of the molecule is COC(=O)C(=O)NCc1ccncc1. The van der Waals surface area contributed by atoms with Gasteiger partial charge in [-0.1, -0.05) is 0 Å². The molecule has 0 bridgehead atoms. The van der Waals surface area contributed by atoms with Crippen LogP contribution in [-0.4, -0.2) is 24.0 Å². The lowest BCUT2D eigenvalue weighted by atomic mass is 10.3. The Labute approximate surface area is 81.1 Å². The molecule has 74 valence electrons. The number of rotatable bonds is 2. The van der Waals surface area contributed by atoms with Gasteiger partial charge in [0.15, 0.2) is 0 Å². The van der Waals surface area contributed by atoms with Gasteiger partial charge in [-0.25, -0.2) is 4.79 Å². The molecule has 1 aromatic heterocycles. The van der Waals surface area contributed by atoms with Crippen LogP contribution >= 0.6 is 0 Å². The normalized spacial score (nSPS) is 9.21. The summed E-state index contributed by atoms with van der Waals surface area (Å²) in [6, 6.07) is 3.50. The monoisotopic (exact) mass is 194 g/mol. The van der Waals surface area contributed by atoms with Crippen molar-refractivity contribution in [3.63, 3.8) is 0 Å². The molecule has 0 spiro atoms. The average Bonchev–Trinajstić information content (AvgIpc) is 2.26. The lowest BCUT2D eigenvalue weighted by molar-refractivity contribution is -0.152. The van der Waals surface area contributed by atoms with E-state index in [1.54, 1.807) is 24.5 Å². The molecule has 1 amide bonds. The zero-order chi connectivity index (χ0) is 10.4. The highest BCUT2D eigenvalue weighted by atomic mass is 16.5. The molecule has 0 fully saturated rings. The third-order valence-corrected chi connectivity index (χ3v) is 1.57. The van der Waals surface area contributed by atoms with E-state index in [1.807, 2.05) is 0 Å². The number of ether oxygens (including phenoxy) is 1. The number of nitrogens with zero attached hydrogens (tertiary/aromatic N) is 1. The molecule has 1 rings (SSSR count). The van der Waals surface area contributed by atoms with Gasteiger partial charge in [-0.3, -0.25) is 9.78 Å². The standard InChI is InChI=1S/C9H10N2O3/c1-14-9(13)8(12)11-6-7-2-4-10-5-3-7/h2-5H,6H2,1H3,(H,11,12). The Hall–Kier alpha value is -1.91. The maximum absolute atomic E-state index is 10.9. The molecule has 1 N–H and O–H groups in total. The highest BCUT2D eigenvalue weighted by Crippen LogP contribution is 1.94. The largest absolute Gasteiger partial charge is 0.462 e. The topological polar surface area (TPSA) is 68.3 Å². The highest BCUT2D eigenvalue weighted by molar-refractivity contribution is 6.32. The molecule has 0 atom stereocenters. The summed E-state index contributed by atoms with van der Waals surface area (Å²) in [5.74, 6) is -1.64. The molecule has 0 aliphatic heterocycles. The molecule has 1 heterocycles. The number of hydrogen-bond acceptors (Lipinski definition) is 4. The Morgan fingerprint density at radius 3 is 2.64 bits per heavy atom. The van der Waals surface area contributed by atoms with Crippen molar-refractivity contribution in [2.75, 3.05) is 7.11 Å². The number of nitrogens with one attached hydrogen (secondary N) is 1. The second kappa shape index (κ2) is 4.96. The molecular formula is C9H10N2O3. The van der Waals surface area contributed by atoms with E-state index >= 15 is 0 Å². The van der Waals surface area contributed by atoms with Crippen molar-refractivity contribution in [2.24, 2.45) is 0 Å². The van der Waals surface area contributed by atoms with Gasteiger partial charge in [0.25, 0.3) is 0 Å². The fourth-order valence-electron chi connectivity index (χ4n) is 0.848. The number of carbonyl (C=O) groups excluding carboxylic acids is 2. The summed E-state index contributed by atoms with van der Waals surface area (Å²) >= 11 is 0. The summed E-state index contributed by atoms with van der Waals surface area (Å²) in [6.07, 6.45) is 3.22. The van der Waals surface area contributed by atoms with Gasteiger partial charge in [-0.05, 0) is 17.7 Å². The summed E-state index contributed by atoms with van der Waals surface area (Å²) in [6.45, 7) is 0.288. The minimum atomic E-state index is -0.890. The molecule has 0 aliphatic carbocycles. The van der Waals surface area contributed by atoms with E-state index < -0.39 is 11.9 Å². The fraction of sp³-hybridized carbons (Fsp3) is 0.222. The van der Waals surface area contributed by atoms with Crippen LogP contribution < -0.4 is 5.32 Å². The van der Waals surface area contributed by atoms with E-state index in [2.05, 4.69) is 15.0 Å². The Kier molecular flexibility index (Phi) is 3.60. The van der Waals surface area contributed by atoms with Crippen molar-refractivity contribution in [2.45, 2.75) is 6.54 Å². The Balaban J connectivity index is 2.42. The Bertz CT molecular complexity index is 324. The van der Waals surface area contributed by atoms with E-state index in [1.165, 1.54) is 0 Å². The first-order chi connectivity index (χ1) is 6.74. The molecule has 5 heteroatoms. The molecule has 14 heavy (non-hydrogen) atoms. The van der Waals surface area contributed by atoms with Gasteiger partial charge in [0.2, 0.25) is 0 Å². The molecular weight excluding hydrogens is 184 g/mol. The molecule has 0 saturated carbocycles. The third-order valence-electron chi connectivity index (χ3n) is 1.57. The quantitative estimate of drug-likeness (QED) is 0.526. The van der Waals surface area contributed by atoms with E-state index in [9.17, 15) is 9.59 Å². The van der Waals surface area contributed by atoms with Gasteiger partial charge in [0, 0.05) is 18.9 Å². The average molecular weight is 194 g/mol. The van der Waals surface area contributed by atoms with Crippen molar-refractivity contribution < 1.29 is 14.3 Å². The minimum absolute atomic E-state index is 0.288. The molecule has 5 nitrogen and oxygen atoms in total. The number of esters is 1. The van der Waals surface area contributed by atoms with Gasteiger partial charge in [0.05, 0.1) is 7.11 Å². The predicted molar refractivity (Wildman–Crippen MR) is 48.1 cm³/mol. The van der Waals surface area contributed by atoms with Crippen LogP contribution in [0.3, 0.4) is 0 Å². The van der Waals surface area contributed by atoms with Crippen LogP contribution in [0, 0.1) is 0 Å². The minimum Gasteiger partial charge on any atom is -0.462 e. The van der Waals surface area contributed by atoms with E-state index in [0.29, 0.717) is 0 Å². The third kappa shape index (κ3) is 2.85. The van der Waals surface area contributed by atoms with Crippen LogP contribution in [0.5, 0.6) is 0 Å². The first kappa shape index (κ1) is 10.2. The molecule has 0 saturated heterocycles. The lowest BCUT2D eigenvalue weighted by Gasteiger charge is -2.02. The lowest BCUT2D eigenvalue weighted by Crippen LogP contribution is -2.31. The number of pyridine rings is 1. The zero-order valence-corrected chi connectivity index (χ0v) is 7.69. The zero-order valence-electron chi connectivity index (χ0n) is 7.69. The van der Waals surface area contributed by atoms with Crippen LogP contribution in [0.15, 0.2) is 24.5 Å². The van der Waals surface area contributed by atoms with Gasteiger partial charge in [-0.2, -0.15) is 0 Å². The van der Waals surface area contributed by atoms with E-state index in [-0.39, 0.29) is 6.54 Å². The second-order valence-electron chi connectivity index (χ2n) is 2.53. The number of carbonyl (C=O) groups is 2. The Morgan fingerprint density at radius 1 is 1.43 bits per heavy atom. The van der Waals surface area contributed by atoms with Crippen molar-refractivity contribution in [1.82, 2.24) is 10.3 Å². The molecule has 0 unspecified atom stereocenters. The van der Waals surface area contributed by atoms with Gasteiger partial charge >= 0.3 is 11.9 Å². The van der Waals surface area contributed by atoms with E-state index in [4.69, 9.17) is 0 Å². The van der Waals surface area contributed by atoms with Crippen LogP contribution in [0.4, 0.5) is 0 Å². The van der Waals surface area contributed by atoms with Crippen molar-refractivity contribution in [3.8, 4) is 0 Å². The number of hydrogen-bond donors (Lipinski definition) is 1. The highest BCUT2D eigenvalue weighted by Gasteiger charge is 2.12. The maximum atomic E-state index is 10.9. The number of amides is 1. The summed E-state index contributed by atoms with van der Waals surface area (Å²) in [5.41, 5.74) is 0.872.